The smallest absolute Gasteiger partial charge is 0.407 e. The first-order chi connectivity index (χ1) is 8.35. The van der Waals surface area contributed by atoms with Crippen LogP contribution in [0.2, 0.25) is 0 Å². The largest absolute Gasteiger partial charge is 0.452 e. The van der Waals surface area contributed by atoms with Crippen LogP contribution in [0.4, 0.5) is 4.79 Å². The second-order valence-corrected chi connectivity index (χ2v) is 4.33. The van der Waals surface area contributed by atoms with Crippen molar-refractivity contribution in [2.24, 2.45) is 0 Å². The zero-order chi connectivity index (χ0) is 14.0. The van der Waals surface area contributed by atoms with E-state index in [1.807, 2.05) is 0 Å². The third kappa shape index (κ3) is 10.6. The lowest BCUT2D eigenvalue weighted by Gasteiger charge is -2.19. The minimum absolute atomic E-state index is 0.128. The Morgan fingerprint density at radius 1 is 1.28 bits per heavy atom. The number of amides is 1. The fraction of sp³-hybridized carbons (Fsp3) is 0.538. The number of ether oxygens (including phenoxy) is 2. The summed E-state index contributed by atoms with van der Waals surface area (Å²) in [5, 5.41) is 2.54. The molecule has 0 spiro atoms. The average Bonchev–Trinajstić information content (AvgIpc) is 2.21. The molecule has 0 bridgehead atoms. The van der Waals surface area contributed by atoms with E-state index in [1.165, 1.54) is 0 Å². The Hall–Kier alpha value is -1.96. The molecular formula is C13H19NO4. The van der Waals surface area contributed by atoms with E-state index >= 15 is 0 Å². The van der Waals surface area contributed by atoms with Crippen LogP contribution in [-0.2, 0) is 14.3 Å². The normalized spacial score (nSPS) is 10.4. The van der Waals surface area contributed by atoms with Crippen LogP contribution < -0.4 is 5.32 Å². The summed E-state index contributed by atoms with van der Waals surface area (Å²) in [4.78, 5) is 22.0. The number of hydrogen-bond acceptors (Lipinski definition) is 4. The second-order valence-electron chi connectivity index (χ2n) is 4.33. The first-order valence-electron chi connectivity index (χ1n) is 5.56. The summed E-state index contributed by atoms with van der Waals surface area (Å²) in [7, 11) is 0. The lowest BCUT2D eigenvalue weighted by Crippen LogP contribution is -2.32. The van der Waals surface area contributed by atoms with Gasteiger partial charge < -0.3 is 14.8 Å². The fourth-order valence-electron chi connectivity index (χ4n) is 0.870. The summed E-state index contributed by atoms with van der Waals surface area (Å²) in [6.45, 7) is 7.36. The number of esters is 1. The Morgan fingerprint density at radius 2 is 1.94 bits per heavy atom. The lowest BCUT2D eigenvalue weighted by molar-refractivity contribution is -0.135. The van der Waals surface area contributed by atoms with Crippen LogP contribution in [0.3, 0.4) is 0 Å². The van der Waals surface area contributed by atoms with Gasteiger partial charge in [-0.2, -0.15) is 0 Å². The van der Waals surface area contributed by atoms with E-state index in [0.29, 0.717) is 6.54 Å². The topological polar surface area (TPSA) is 64.6 Å². The van der Waals surface area contributed by atoms with Crippen molar-refractivity contribution in [3.8, 4) is 11.8 Å². The second kappa shape index (κ2) is 8.18. The van der Waals surface area contributed by atoms with Crippen molar-refractivity contribution in [1.82, 2.24) is 5.32 Å². The maximum absolute atomic E-state index is 11.2. The molecule has 0 aromatic heterocycles. The van der Waals surface area contributed by atoms with Gasteiger partial charge in [0.2, 0.25) is 0 Å². The summed E-state index contributed by atoms with van der Waals surface area (Å²) >= 11 is 0. The Kier molecular flexibility index (Phi) is 7.29. The molecule has 100 valence electrons. The van der Waals surface area contributed by atoms with E-state index in [4.69, 9.17) is 9.47 Å². The predicted molar refractivity (Wildman–Crippen MR) is 67.8 cm³/mol. The van der Waals surface area contributed by atoms with Gasteiger partial charge in [0.15, 0.2) is 0 Å². The van der Waals surface area contributed by atoms with Crippen molar-refractivity contribution in [2.45, 2.75) is 33.3 Å². The fourth-order valence-corrected chi connectivity index (χ4v) is 0.870. The van der Waals surface area contributed by atoms with Crippen molar-refractivity contribution in [3.63, 3.8) is 0 Å². The van der Waals surface area contributed by atoms with Crippen LogP contribution in [0.5, 0.6) is 0 Å². The minimum Gasteiger partial charge on any atom is -0.452 e. The molecule has 0 radical (unpaired) electrons. The van der Waals surface area contributed by atoms with Gasteiger partial charge >= 0.3 is 12.1 Å². The maximum Gasteiger partial charge on any atom is 0.407 e. The van der Waals surface area contributed by atoms with Gasteiger partial charge in [0.25, 0.3) is 0 Å². The molecule has 0 aromatic carbocycles. The average molecular weight is 253 g/mol. The van der Waals surface area contributed by atoms with Gasteiger partial charge in [0.05, 0.1) is 0 Å². The molecule has 0 aliphatic rings. The highest BCUT2D eigenvalue weighted by Gasteiger charge is 2.14. The Bertz CT molecular complexity index is 369. The highest BCUT2D eigenvalue weighted by molar-refractivity contribution is 5.88. The lowest BCUT2D eigenvalue weighted by atomic mass is 10.2. The van der Waals surface area contributed by atoms with Crippen molar-refractivity contribution in [1.29, 1.82) is 0 Å². The van der Waals surface area contributed by atoms with Gasteiger partial charge in [0.1, 0.15) is 12.2 Å². The van der Waals surface area contributed by atoms with Crippen LogP contribution in [0.15, 0.2) is 12.2 Å². The standard InChI is InChI=1S/C13H19NO4/c1-5-8-11(15)17-10-7-6-9-14-12(16)18-13(2,3)4/h6-7H,9-10H2,1-4H3,(H,14,16)/b7-6+. The summed E-state index contributed by atoms with van der Waals surface area (Å²) in [5.41, 5.74) is -0.512. The molecule has 0 aliphatic carbocycles. The molecule has 0 saturated carbocycles. The summed E-state index contributed by atoms with van der Waals surface area (Å²) in [6, 6.07) is 0. The van der Waals surface area contributed by atoms with Crippen molar-refractivity contribution in [3.05, 3.63) is 12.2 Å². The number of nitrogens with one attached hydrogen (secondary N) is 1. The van der Waals surface area contributed by atoms with Gasteiger partial charge in [0, 0.05) is 12.5 Å². The molecule has 0 heterocycles. The van der Waals surface area contributed by atoms with Crippen LogP contribution in [0.1, 0.15) is 27.7 Å². The molecule has 0 saturated heterocycles. The monoisotopic (exact) mass is 253 g/mol. The zero-order valence-electron chi connectivity index (χ0n) is 11.2. The molecule has 0 fully saturated rings. The Labute approximate surface area is 108 Å². The highest BCUT2D eigenvalue weighted by Crippen LogP contribution is 2.05. The third-order valence-electron chi connectivity index (χ3n) is 1.47. The number of hydrogen-bond donors (Lipinski definition) is 1. The molecule has 0 atom stereocenters. The molecule has 0 aromatic rings. The molecular weight excluding hydrogens is 234 g/mol. The van der Waals surface area contributed by atoms with Gasteiger partial charge in [-0.05, 0) is 33.8 Å². The van der Waals surface area contributed by atoms with E-state index in [2.05, 4.69) is 17.2 Å². The Morgan fingerprint density at radius 3 is 2.50 bits per heavy atom. The SMILES string of the molecule is CC#CC(=O)OC/C=C/CNC(=O)OC(C)(C)C. The minimum atomic E-state index is -0.567. The van der Waals surface area contributed by atoms with Gasteiger partial charge in [-0.25, -0.2) is 9.59 Å². The first-order valence-corrected chi connectivity index (χ1v) is 5.56. The molecule has 1 N–H and O–H groups in total. The number of carbonyl (C=O) groups is 2. The third-order valence-corrected chi connectivity index (χ3v) is 1.47. The molecule has 5 heteroatoms. The predicted octanol–water partition coefficient (Wildman–Crippen LogP) is 1.63. The molecule has 1 amide bonds. The summed E-state index contributed by atoms with van der Waals surface area (Å²) < 4.78 is 9.75. The zero-order valence-corrected chi connectivity index (χ0v) is 11.2. The molecule has 5 nitrogen and oxygen atoms in total. The van der Waals surface area contributed by atoms with Gasteiger partial charge in [-0.1, -0.05) is 12.0 Å². The van der Waals surface area contributed by atoms with Gasteiger partial charge in [-0.15, -0.1) is 0 Å². The van der Waals surface area contributed by atoms with Crippen LogP contribution >= 0.6 is 0 Å². The van der Waals surface area contributed by atoms with Crippen molar-refractivity contribution in [2.75, 3.05) is 13.2 Å². The van der Waals surface area contributed by atoms with Crippen LogP contribution in [0.25, 0.3) is 0 Å². The van der Waals surface area contributed by atoms with E-state index in [1.54, 1.807) is 39.8 Å². The summed E-state index contributed by atoms with van der Waals surface area (Å²) in [6.07, 6.45) is 2.80. The van der Waals surface area contributed by atoms with Crippen molar-refractivity contribution < 1.29 is 19.1 Å². The quantitative estimate of drug-likeness (QED) is 0.358. The van der Waals surface area contributed by atoms with Crippen LogP contribution in [-0.4, -0.2) is 30.8 Å². The maximum atomic E-state index is 11.2. The number of rotatable bonds is 4. The van der Waals surface area contributed by atoms with E-state index < -0.39 is 17.7 Å². The van der Waals surface area contributed by atoms with E-state index in [-0.39, 0.29) is 6.61 Å². The molecule has 0 aliphatic heterocycles. The first kappa shape index (κ1) is 16.0. The van der Waals surface area contributed by atoms with Gasteiger partial charge in [-0.3, -0.25) is 0 Å². The van der Waals surface area contributed by atoms with Crippen LogP contribution in [0, 0.1) is 11.8 Å². The van der Waals surface area contributed by atoms with E-state index in [9.17, 15) is 9.59 Å². The molecule has 18 heavy (non-hydrogen) atoms. The summed E-state index contributed by atoms with van der Waals surface area (Å²) in [5.74, 6) is 4.11. The highest BCUT2D eigenvalue weighted by atomic mass is 16.6. The molecule has 0 rings (SSSR count). The Balaban J connectivity index is 3.68. The number of carbonyl (C=O) groups excluding carboxylic acids is 2. The molecule has 0 unspecified atom stereocenters. The van der Waals surface area contributed by atoms with Crippen molar-refractivity contribution >= 4 is 12.1 Å². The number of alkyl carbamates (subject to hydrolysis) is 1. The van der Waals surface area contributed by atoms with E-state index in [0.717, 1.165) is 0 Å².